The molecule has 0 aliphatic heterocycles. The number of para-hydroxylation sites is 2. The second-order valence-corrected chi connectivity index (χ2v) is 22.6. The van der Waals surface area contributed by atoms with Crippen LogP contribution < -0.4 is 0 Å². The number of unbranched alkanes of at least 4 members (excludes halogenated alkanes) is 39. The topological polar surface area (TPSA) is 24.7 Å². The Morgan fingerprint density at radius 2 is 0.587 bits per heavy atom. The molecule has 2 aromatic rings. The Balaban J connectivity index is 0.0000281. The van der Waals surface area contributed by atoms with Crippen LogP contribution in [-0.2, 0) is 33.3 Å². The zero-order chi connectivity index (χ0) is 52.7. The summed E-state index contributed by atoms with van der Waals surface area (Å²) >= 11 is 0. The van der Waals surface area contributed by atoms with E-state index in [2.05, 4.69) is 113 Å². The van der Waals surface area contributed by atoms with Gasteiger partial charge in [0.1, 0.15) is 0 Å². The maximum Gasteiger partial charge on any atom is 0.0848 e. The van der Waals surface area contributed by atoms with Crippen molar-refractivity contribution in [2.24, 2.45) is 9.98 Å². The summed E-state index contributed by atoms with van der Waals surface area (Å²) in [6.45, 7) is 9.22. The van der Waals surface area contributed by atoms with Gasteiger partial charge in [-0.2, -0.15) is 0 Å². The molecule has 0 spiro atoms. The van der Waals surface area contributed by atoms with Crippen molar-refractivity contribution in [3.05, 3.63) is 96.1 Å². The van der Waals surface area contributed by atoms with Crippen LogP contribution in [0.1, 0.15) is 334 Å². The van der Waals surface area contributed by atoms with Crippen molar-refractivity contribution in [3.8, 4) is 0 Å². The summed E-state index contributed by atoms with van der Waals surface area (Å²) in [6.07, 6.45) is 78.7. The van der Waals surface area contributed by atoms with E-state index in [0.29, 0.717) is 0 Å². The first kappa shape index (κ1) is 70.7. The van der Waals surface area contributed by atoms with Crippen LogP contribution in [0, 0.1) is 0 Å². The summed E-state index contributed by atoms with van der Waals surface area (Å²) in [7, 11) is 0. The van der Waals surface area contributed by atoms with Gasteiger partial charge in [-0.1, -0.05) is 313 Å². The van der Waals surface area contributed by atoms with Gasteiger partial charge in [0, 0.05) is 20.4 Å². The molecule has 0 bridgehead atoms. The predicted molar refractivity (Wildman–Crippen MR) is 337 cm³/mol. The fourth-order valence-corrected chi connectivity index (χ4v) is 10.5. The third-order valence-corrected chi connectivity index (χ3v) is 15.5. The van der Waals surface area contributed by atoms with E-state index in [4.69, 9.17) is 9.98 Å². The molecule has 0 aliphatic rings. The van der Waals surface area contributed by atoms with E-state index in [0.717, 1.165) is 87.0 Å². The second kappa shape index (κ2) is 56.4. The molecule has 0 amide bonds. The molecule has 0 aliphatic carbocycles. The Hall–Kier alpha value is -2.34. The van der Waals surface area contributed by atoms with E-state index >= 15 is 0 Å². The normalized spacial score (nSPS) is 12.3. The van der Waals surface area contributed by atoms with Crippen molar-refractivity contribution in [2.75, 3.05) is 0 Å². The van der Waals surface area contributed by atoms with Gasteiger partial charge in [-0.3, -0.25) is 4.99 Å². The van der Waals surface area contributed by atoms with Gasteiger partial charge in [0.2, 0.25) is 0 Å². The molecule has 3 heteroatoms. The average molecular weight is 1120 g/mol. The number of aliphatic imine (C=N–C) groups is 2. The molecule has 0 saturated heterocycles. The van der Waals surface area contributed by atoms with Gasteiger partial charge in [0.05, 0.1) is 22.8 Å². The molecule has 0 atom stereocenters. The van der Waals surface area contributed by atoms with Crippen LogP contribution in [0.25, 0.3) is 0 Å². The monoisotopic (exact) mass is 1120 g/mol. The van der Waals surface area contributed by atoms with Gasteiger partial charge >= 0.3 is 0 Å². The smallest absolute Gasteiger partial charge is 0.0848 e. The minimum absolute atomic E-state index is 0. The van der Waals surface area contributed by atoms with Crippen LogP contribution in [0.5, 0.6) is 0 Å². The molecule has 0 saturated carbocycles. The summed E-state index contributed by atoms with van der Waals surface area (Å²) in [5.74, 6) is 0. The van der Waals surface area contributed by atoms with Gasteiger partial charge in [0.15, 0.2) is 0 Å². The fourth-order valence-electron chi connectivity index (χ4n) is 10.5. The first-order chi connectivity index (χ1) is 36.7. The molecular weight excluding hydrogens is 999 g/mol. The van der Waals surface area contributed by atoms with Crippen LogP contribution in [0.4, 0.5) is 11.4 Å². The SMILES string of the molecule is CCCCCCCCCC=CCCCc1ccccc1N=C(C=CCCCCCCCCCCCCCCCCCCCCCCCC)C(CCCC)=Nc1ccccc1CCCC=CCCCCCCCCC.[Pd]. The Kier molecular flexibility index (Phi) is 53.1. The van der Waals surface area contributed by atoms with E-state index in [1.165, 1.54) is 255 Å². The molecule has 0 radical (unpaired) electrons. The van der Waals surface area contributed by atoms with Crippen molar-refractivity contribution in [1.29, 1.82) is 0 Å². The first-order valence-electron chi connectivity index (χ1n) is 33.0. The average Bonchev–Trinajstić information content (AvgIpc) is 3.42. The number of hydrogen-bond donors (Lipinski definition) is 0. The molecule has 2 rings (SSSR count). The summed E-state index contributed by atoms with van der Waals surface area (Å²) in [4.78, 5) is 11.1. The maximum absolute atomic E-state index is 5.55. The number of aryl methyl sites for hydroxylation is 2. The number of benzene rings is 2. The van der Waals surface area contributed by atoms with E-state index in [-0.39, 0.29) is 20.4 Å². The van der Waals surface area contributed by atoms with Crippen molar-refractivity contribution < 1.29 is 20.4 Å². The zero-order valence-electron chi connectivity index (χ0n) is 50.2. The molecule has 75 heavy (non-hydrogen) atoms. The summed E-state index contributed by atoms with van der Waals surface area (Å²) in [5.41, 5.74) is 7.16. The Bertz CT molecular complexity index is 1660. The zero-order valence-corrected chi connectivity index (χ0v) is 51.8. The third-order valence-electron chi connectivity index (χ3n) is 15.5. The van der Waals surface area contributed by atoms with Gasteiger partial charge in [-0.25, -0.2) is 4.99 Å². The van der Waals surface area contributed by atoms with Crippen LogP contribution in [0.3, 0.4) is 0 Å². The van der Waals surface area contributed by atoms with Gasteiger partial charge in [-0.15, -0.1) is 0 Å². The maximum atomic E-state index is 5.55. The Morgan fingerprint density at radius 3 is 0.933 bits per heavy atom. The molecular formula is C72H122N2Pd. The predicted octanol–water partition coefficient (Wildman–Crippen LogP) is 25.3. The molecule has 2 aromatic carbocycles. The third kappa shape index (κ3) is 43.3. The Morgan fingerprint density at radius 1 is 0.307 bits per heavy atom. The number of allylic oxidation sites excluding steroid dienone is 6. The van der Waals surface area contributed by atoms with Gasteiger partial charge < -0.3 is 0 Å². The molecule has 430 valence electrons. The number of hydrogen-bond acceptors (Lipinski definition) is 2. The number of nitrogens with zero attached hydrogens (tertiary/aromatic N) is 2. The largest absolute Gasteiger partial charge is 0.251 e. The fraction of sp³-hybridized carbons (Fsp3) is 0.722. The quantitative estimate of drug-likeness (QED) is 0.0273. The molecule has 0 heterocycles. The Labute approximate surface area is 482 Å². The summed E-state index contributed by atoms with van der Waals surface area (Å²) < 4.78 is 0. The first-order valence-corrected chi connectivity index (χ1v) is 33.0. The summed E-state index contributed by atoms with van der Waals surface area (Å²) in [5, 5.41) is 0. The second-order valence-electron chi connectivity index (χ2n) is 22.6. The standard InChI is InChI=1S/C72H122N2.Pd/c1-5-9-13-16-19-22-25-28-29-30-31-32-33-34-35-36-37-38-39-42-45-48-51-54-66-72(74-70-65-58-56-62-68(70)60-53-50-47-44-41-27-24-21-18-15-11-7-3)71(63-12-8-4)73-69-64-57-55-61-67(69)59-52-49-46-43-40-26-23-20-17-14-10-6-2;/h43-44,46-47,54-58,61-62,64-66H,5-42,45,48-53,59-60,63H2,1-4H3;. The van der Waals surface area contributed by atoms with Crippen molar-refractivity contribution in [2.45, 2.75) is 336 Å². The van der Waals surface area contributed by atoms with Crippen molar-refractivity contribution in [1.82, 2.24) is 0 Å². The van der Waals surface area contributed by atoms with Gasteiger partial charge in [0.25, 0.3) is 0 Å². The van der Waals surface area contributed by atoms with Crippen LogP contribution in [0.15, 0.2) is 95.0 Å². The van der Waals surface area contributed by atoms with Crippen molar-refractivity contribution in [3.63, 3.8) is 0 Å². The minimum atomic E-state index is 0. The molecule has 0 N–H and O–H groups in total. The number of rotatable bonds is 54. The van der Waals surface area contributed by atoms with Crippen LogP contribution >= 0.6 is 0 Å². The van der Waals surface area contributed by atoms with E-state index in [9.17, 15) is 0 Å². The van der Waals surface area contributed by atoms with E-state index in [1.807, 2.05) is 0 Å². The van der Waals surface area contributed by atoms with E-state index in [1.54, 1.807) is 0 Å². The summed E-state index contributed by atoms with van der Waals surface area (Å²) in [6, 6.07) is 17.9. The molecule has 2 nitrogen and oxygen atoms in total. The van der Waals surface area contributed by atoms with Crippen molar-refractivity contribution >= 4 is 22.8 Å². The minimum Gasteiger partial charge on any atom is -0.251 e. The molecule has 0 fully saturated rings. The van der Waals surface area contributed by atoms with Crippen LogP contribution in [0.2, 0.25) is 0 Å². The molecule has 0 aromatic heterocycles. The molecule has 0 unspecified atom stereocenters. The van der Waals surface area contributed by atoms with Gasteiger partial charge in [-0.05, 0) is 119 Å². The van der Waals surface area contributed by atoms with Crippen LogP contribution in [-0.4, -0.2) is 11.4 Å². The van der Waals surface area contributed by atoms with E-state index < -0.39 is 0 Å².